The van der Waals surface area contributed by atoms with Crippen molar-refractivity contribution < 1.29 is 28.5 Å². The van der Waals surface area contributed by atoms with E-state index in [1.807, 2.05) is 6.92 Å². The van der Waals surface area contributed by atoms with Crippen LogP contribution < -0.4 is 0 Å². The lowest BCUT2D eigenvalue weighted by Crippen LogP contribution is -2.55. The summed E-state index contributed by atoms with van der Waals surface area (Å²) >= 11 is 6.73. The first kappa shape index (κ1) is 25.4. The van der Waals surface area contributed by atoms with Crippen molar-refractivity contribution in [3.63, 3.8) is 0 Å². The van der Waals surface area contributed by atoms with Crippen LogP contribution in [0.25, 0.3) is 16.1 Å². The van der Waals surface area contributed by atoms with E-state index in [0.717, 1.165) is 17.7 Å². The fourth-order valence-corrected chi connectivity index (χ4v) is 5.22. The number of nitrogens with zero attached hydrogens (tertiary/aromatic N) is 5. The van der Waals surface area contributed by atoms with Crippen molar-refractivity contribution in [3.05, 3.63) is 64.2 Å². The Morgan fingerprint density at radius 1 is 1.31 bits per heavy atom. The molecule has 184 valence electrons. The summed E-state index contributed by atoms with van der Waals surface area (Å²) in [6.07, 6.45) is -0.0928. The van der Waals surface area contributed by atoms with Gasteiger partial charge >= 0.3 is 0 Å². The highest BCUT2D eigenvalue weighted by Crippen LogP contribution is 2.42. The first-order valence-electron chi connectivity index (χ1n) is 10.3. The van der Waals surface area contributed by atoms with Crippen LogP contribution in [0.3, 0.4) is 0 Å². The van der Waals surface area contributed by atoms with Gasteiger partial charge in [-0.1, -0.05) is 29.5 Å². The van der Waals surface area contributed by atoms with E-state index in [4.69, 9.17) is 27.6 Å². The van der Waals surface area contributed by atoms with Gasteiger partial charge in [0.1, 0.15) is 58.3 Å². The molecule has 1 aromatic carbocycles. The maximum Gasteiger partial charge on any atom is 0.283 e. The van der Waals surface area contributed by atoms with E-state index in [0.29, 0.717) is 4.90 Å². The zero-order chi connectivity index (χ0) is 25.3. The van der Waals surface area contributed by atoms with Crippen LogP contribution in [0.4, 0.5) is 14.6 Å². The summed E-state index contributed by atoms with van der Waals surface area (Å²) in [5.41, 5.74) is 0.301. The molecule has 0 aliphatic carbocycles. The van der Waals surface area contributed by atoms with Crippen molar-refractivity contribution in [2.45, 2.75) is 41.6 Å². The molecule has 2 unspecified atom stereocenters. The average Bonchev–Trinajstić information content (AvgIpc) is 3.32. The summed E-state index contributed by atoms with van der Waals surface area (Å²) in [7, 11) is 1.42. The van der Waals surface area contributed by atoms with Gasteiger partial charge in [0.05, 0.1) is 12.8 Å². The van der Waals surface area contributed by atoms with Crippen molar-refractivity contribution in [2.24, 2.45) is 0 Å². The zero-order valence-electron chi connectivity index (χ0n) is 18.5. The Hall–Kier alpha value is -2.66. The molecule has 2 N–H and O–H groups in total. The second-order valence-electron chi connectivity index (χ2n) is 7.81. The van der Waals surface area contributed by atoms with Crippen LogP contribution in [0.2, 0.25) is 5.02 Å². The minimum atomic E-state index is -1.26. The standard InChI is InChI=1S/C22H20ClF2N5O4S/c1-10-4-16(21(26-2)27-7-10)35-22-20(33-3)18(19(32)15(9-31)34-22)30-8-14(28-29-30)11-5-12(24)17(23)13(25)6-11/h4-8,15,18-20,22,31-32H,9H2,1,3H3/t15?,18-,19-,20?,22+/m0/s1. The second-order valence-corrected chi connectivity index (χ2v) is 9.33. The van der Waals surface area contributed by atoms with Gasteiger partial charge in [-0.3, -0.25) is 0 Å². The fraction of sp³-hybridized carbons (Fsp3) is 0.364. The van der Waals surface area contributed by atoms with E-state index in [1.165, 1.54) is 29.8 Å². The third-order valence-corrected chi connectivity index (χ3v) is 7.04. The van der Waals surface area contributed by atoms with Crippen molar-refractivity contribution in [1.29, 1.82) is 0 Å². The molecule has 0 spiro atoms. The highest BCUT2D eigenvalue weighted by Gasteiger charge is 2.47. The number of methoxy groups -OCH3 is 1. The summed E-state index contributed by atoms with van der Waals surface area (Å²) in [4.78, 5) is 8.12. The highest BCUT2D eigenvalue weighted by molar-refractivity contribution is 8.00. The summed E-state index contributed by atoms with van der Waals surface area (Å²) in [6.45, 7) is 8.73. The molecular formula is C22H20ClF2N5O4S. The van der Waals surface area contributed by atoms with Gasteiger partial charge in [0.15, 0.2) is 0 Å². The third kappa shape index (κ3) is 5.02. The number of hydrogen-bond acceptors (Lipinski definition) is 8. The number of halogens is 3. The molecule has 1 saturated heterocycles. The minimum absolute atomic E-state index is 0.100. The van der Waals surface area contributed by atoms with Crippen LogP contribution in [0, 0.1) is 25.1 Å². The first-order chi connectivity index (χ1) is 16.8. The molecule has 1 aliphatic rings. The van der Waals surface area contributed by atoms with Crippen LogP contribution in [-0.2, 0) is 9.47 Å². The molecule has 3 heterocycles. The molecule has 13 heteroatoms. The topological polar surface area (TPSA) is 107 Å². The van der Waals surface area contributed by atoms with E-state index < -0.39 is 53.1 Å². The molecular weight excluding hydrogens is 504 g/mol. The SMILES string of the molecule is [C-]#[N+]c1ncc(C)cc1S[C@H]1OC(CO)[C@H](O)[C@H](n2cc(-c3cc(F)c(Cl)c(F)c3)nn2)C1OC. The fourth-order valence-electron chi connectivity index (χ4n) is 3.80. The number of thioether (sulfide) groups is 1. The molecule has 1 fully saturated rings. The van der Waals surface area contributed by atoms with Crippen molar-refractivity contribution >= 4 is 29.2 Å². The Kier molecular flexibility index (Phi) is 7.65. The molecule has 0 bridgehead atoms. The normalized spacial score (nSPS) is 24.3. The largest absolute Gasteiger partial charge is 0.394 e. The van der Waals surface area contributed by atoms with Crippen molar-refractivity contribution in [3.8, 4) is 11.3 Å². The van der Waals surface area contributed by atoms with E-state index in [9.17, 15) is 19.0 Å². The summed E-state index contributed by atoms with van der Waals surface area (Å²) in [6, 6.07) is 2.95. The Morgan fingerprint density at radius 2 is 2.03 bits per heavy atom. The molecule has 9 nitrogen and oxygen atoms in total. The molecule has 0 saturated carbocycles. The van der Waals surface area contributed by atoms with E-state index in [1.54, 1.807) is 12.3 Å². The average molecular weight is 524 g/mol. The lowest BCUT2D eigenvalue weighted by Gasteiger charge is -2.43. The number of aryl methyl sites for hydroxylation is 1. The van der Waals surface area contributed by atoms with Gasteiger partial charge in [-0.2, -0.15) is 0 Å². The van der Waals surface area contributed by atoms with Gasteiger partial charge in [0.25, 0.3) is 5.82 Å². The molecule has 3 aromatic rings. The van der Waals surface area contributed by atoms with E-state index in [2.05, 4.69) is 20.1 Å². The summed E-state index contributed by atoms with van der Waals surface area (Å²) < 4.78 is 40.8. The number of rotatable bonds is 6. The number of pyridine rings is 1. The Morgan fingerprint density at radius 3 is 2.66 bits per heavy atom. The molecule has 0 amide bonds. The lowest BCUT2D eigenvalue weighted by atomic mass is 9.97. The van der Waals surface area contributed by atoms with Crippen LogP contribution in [-0.4, -0.2) is 67.7 Å². The number of aromatic nitrogens is 4. The van der Waals surface area contributed by atoms with Gasteiger partial charge in [-0.25, -0.2) is 13.5 Å². The maximum atomic E-state index is 14.0. The Bertz CT molecular complexity index is 1250. The zero-order valence-corrected chi connectivity index (χ0v) is 20.0. The molecule has 0 radical (unpaired) electrons. The smallest absolute Gasteiger partial charge is 0.283 e. The second kappa shape index (κ2) is 10.5. The quantitative estimate of drug-likeness (QED) is 0.373. The first-order valence-corrected chi connectivity index (χ1v) is 11.6. The summed E-state index contributed by atoms with van der Waals surface area (Å²) in [5, 5.41) is 28.2. The van der Waals surface area contributed by atoms with Gasteiger partial charge in [-0.05, 0) is 24.6 Å². The monoisotopic (exact) mass is 523 g/mol. The number of hydrogen-bond donors (Lipinski definition) is 2. The van der Waals surface area contributed by atoms with Crippen LogP contribution in [0.5, 0.6) is 0 Å². The minimum Gasteiger partial charge on any atom is -0.394 e. The van der Waals surface area contributed by atoms with Gasteiger partial charge in [-0.15, -0.1) is 21.8 Å². The van der Waals surface area contributed by atoms with Crippen molar-refractivity contribution in [2.75, 3.05) is 13.7 Å². The molecule has 35 heavy (non-hydrogen) atoms. The summed E-state index contributed by atoms with van der Waals surface area (Å²) in [5.74, 6) is -1.72. The van der Waals surface area contributed by atoms with Gasteiger partial charge < -0.3 is 24.5 Å². The molecule has 2 aromatic heterocycles. The number of ether oxygens (including phenoxy) is 2. The van der Waals surface area contributed by atoms with Crippen molar-refractivity contribution in [1.82, 2.24) is 20.0 Å². The number of aliphatic hydroxyl groups excluding tert-OH is 2. The number of aliphatic hydroxyl groups is 2. The maximum absolute atomic E-state index is 14.0. The Balaban J connectivity index is 1.70. The third-order valence-electron chi connectivity index (χ3n) is 5.51. The molecule has 5 atom stereocenters. The van der Waals surface area contributed by atoms with Gasteiger partial charge in [0, 0.05) is 17.6 Å². The highest BCUT2D eigenvalue weighted by atomic mass is 35.5. The van der Waals surface area contributed by atoms with Crippen LogP contribution in [0.1, 0.15) is 11.6 Å². The molecule has 1 aliphatic heterocycles. The predicted octanol–water partition coefficient (Wildman–Crippen LogP) is 3.56. The number of benzene rings is 1. The van der Waals surface area contributed by atoms with E-state index in [-0.39, 0.29) is 17.1 Å². The van der Waals surface area contributed by atoms with Crippen LogP contribution >= 0.6 is 23.4 Å². The van der Waals surface area contributed by atoms with E-state index >= 15 is 0 Å². The lowest BCUT2D eigenvalue weighted by molar-refractivity contribution is -0.186. The molecule has 4 rings (SSSR count). The predicted molar refractivity (Wildman–Crippen MR) is 123 cm³/mol. The van der Waals surface area contributed by atoms with Crippen LogP contribution in [0.15, 0.2) is 35.5 Å². The van der Waals surface area contributed by atoms with Gasteiger partial charge in [0.2, 0.25) is 0 Å². The Labute approximate surface area is 208 Å².